The minimum Gasteiger partial charge on any atom is -0.343 e. The highest BCUT2D eigenvalue weighted by Crippen LogP contribution is 2.29. The number of thiocarbonyl (C=S) groups is 1. The molecule has 6 heteroatoms. The first kappa shape index (κ1) is 17.1. The zero-order valence-corrected chi connectivity index (χ0v) is 16.1. The van der Waals surface area contributed by atoms with Crippen LogP contribution in [0.2, 0.25) is 5.02 Å². The summed E-state index contributed by atoms with van der Waals surface area (Å²) in [6.45, 7) is 4.08. The minimum absolute atomic E-state index is 0.0851. The van der Waals surface area contributed by atoms with Crippen molar-refractivity contribution >= 4 is 56.2 Å². The lowest BCUT2D eigenvalue weighted by molar-refractivity contribution is 0.407. The van der Waals surface area contributed by atoms with Crippen molar-refractivity contribution in [3.05, 3.63) is 58.1 Å². The second kappa shape index (κ2) is 7.05. The first-order valence-corrected chi connectivity index (χ1v) is 9.22. The average Bonchev–Trinajstić information content (AvgIpc) is 3.01. The Bertz CT molecular complexity index is 858. The number of nitrogens with one attached hydrogen (secondary N) is 1. The summed E-state index contributed by atoms with van der Waals surface area (Å²) < 4.78 is 1.19. The van der Waals surface area contributed by atoms with Gasteiger partial charge in [-0.15, -0.1) is 11.3 Å². The number of hydrogen-bond acceptors (Lipinski definition) is 3. The topological polar surface area (TPSA) is 28.2 Å². The largest absolute Gasteiger partial charge is 0.343 e. The molecule has 124 valence electrons. The van der Waals surface area contributed by atoms with Gasteiger partial charge in [0.25, 0.3) is 0 Å². The van der Waals surface area contributed by atoms with Gasteiger partial charge in [0.1, 0.15) is 5.01 Å². The molecule has 24 heavy (non-hydrogen) atoms. The highest BCUT2D eigenvalue weighted by atomic mass is 35.5. The zero-order chi connectivity index (χ0) is 17.3. The number of aromatic nitrogens is 1. The molecule has 0 aliphatic rings. The van der Waals surface area contributed by atoms with E-state index in [0.29, 0.717) is 5.11 Å². The number of para-hydroxylation sites is 1. The third-order valence-corrected chi connectivity index (χ3v) is 6.08. The highest BCUT2D eigenvalue weighted by molar-refractivity contribution is 7.80. The zero-order valence-electron chi connectivity index (χ0n) is 13.7. The van der Waals surface area contributed by atoms with E-state index >= 15 is 0 Å². The SMILES string of the molecule is Cc1c(Cl)cccc1NC(=S)N(C)[C@H](C)c1nc2ccccc2s1. The Balaban J connectivity index is 1.78. The Kier molecular flexibility index (Phi) is 5.04. The molecule has 0 fully saturated rings. The van der Waals surface area contributed by atoms with Gasteiger partial charge in [0.15, 0.2) is 5.11 Å². The van der Waals surface area contributed by atoms with E-state index in [1.54, 1.807) is 11.3 Å². The van der Waals surface area contributed by atoms with E-state index in [1.165, 1.54) is 4.70 Å². The van der Waals surface area contributed by atoms with Crippen LogP contribution in [0.3, 0.4) is 0 Å². The van der Waals surface area contributed by atoms with Gasteiger partial charge < -0.3 is 10.2 Å². The van der Waals surface area contributed by atoms with Gasteiger partial charge in [0.2, 0.25) is 0 Å². The van der Waals surface area contributed by atoms with E-state index in [-0.39, 0.29) is 6.04 Å². The molecule has 0 aliphatic carbocycles. The second-order valence-electron chi connectivity index (χ2n) is 5.65. The van der Waals surface area contributed by atoms with E-state index in [4.69, 9.17) is 28.8 Å². The fourth-order valence-electron chi connectivity index (χ4n) is 2.36. The van der Waals surface area contributed by atoms with Crippen LogP contribution in [0.15, 0.2) is 42.5 Å². The van der Waals surface area contributed by atoms with Gasteiger partial charge in [-0.1, -0.05) is 29.8 Å². The number of halogens is 1. The number of rotatable bonds is 3. The molecule has 3 aromatic rings. The molecule has 2 aromatic carbocycles. The summed E-state index contributed by atoms with van der Waals surface area (Å²) in [7, 11) is 1.98. The van der Waals surface area contributed by atoms with E-state index in [2.05, 4.69) is 18.3 Å². The van der Waals surface area contributed by atoms with Crippen LogP contribution in [0.1, 0.15) is 23.5 Å². The maximum atomic E-state index is 6.18. The van der Waals surface area contributed by atoms with Crippen LogP contribution in [0.25, 0.3) is 10.2 Å². The number of thiazole rings is 1. The molecule has 0 spiro atoms. The quantitative estimate of drug-likeness (QED) is 0.599. The first-order valence-electron chi connectivity index (χ1n) is 7.61. The average molecular weight is 376 g/mol. The molecule has 0 radical (unpaired) electrons. The van der Waals surface area contributed by atoms with Crippen molar-refractivity contribution in [1.82, 2.24) is 9.88 Å². The Morgan fingerprint density at radius 2 is 2.00 bits per heavy atom. The predicted molar refractivity (Wildman–Crippen MR) is 108 cm³/mol. The Hall–Kier alpha value is -1.69. The lowest BCUT2D eigenvalue weighted by Crippen LogP contribution is -2.33. The van der Waals surface area contributed by atoms with E-state index in [1.807, 2.05) is 55.3 Å². The third-order valence-electron chi connectivity index (χ3n) is 4.08. The van der Waals surface area contributed by atoms with Crippen molar-refractivity contribution in [2.24, 2.45) is 0 Å². The molecule has 3 nitrogen and oxygen atoms in total. The van der Waals surface area contributed by atoms with Gasteiger partial charge >= 0.3 is 0 Å². The predicted octanol–water partition coefficient (Wildman–Crippen LogP) is 5.65. The molecule has 1 aromatic heterocycles. The van der Waals surface area contributed by atoms with Gasteiger partial charge in [0, 0.05) is 17.8 Å². The number of fused-ring (bicyclic) bond motifs is 1. The molecule has 0 bridgehead atoms. The first-order chi connectivity index (χ1) is 11.5. The molecule has 0 unspecified atom stereocenters. The van der Waals surface area contributed by atoms with E-state index in [9.17, 15) is 0 Å². The van der Waals surface area contributed by atoms with Crippen LogP contribution < -0.4 is 5.32 Å². The van der Waals surface area contributed by atoms with Crippen molar-refractivity contribution in [1.29, 1.82) is 0 Å². The molecule has 0 saturated carbocycles. The van der Waals surface area contributed by atoms with Crippen molar-refractivity contribution < 1.29 is 0 Å². The summed E-state index contributed by atoms with van der Waals surface area (Å²) in [5.41, 5.74) is 2.95. The highest BCUT2D eigenvalue weighted by Gasteiger charge is 2.19. The third kappa shape index (κ3) is 3.38. The second-order valence-corrected chi connectivity index (χ2v) is 7.51. The summed E-state index contributed by atoms with van der Waals surface area (Å²) in [5, 5.41) is 5.70. The van der Waals surface area contributed by atoms with Crippen LogP contribution in [-0.2, 0) is 0 Å². The number of nitrogens with zero attached hydrogens (tertiary/aromatic N) is 2. The molecule has 0 amide bonds. The molecule has 1 heterocycles. The number of hydrogen-bond donors (Lipinski definition) is 1. The van der Waals surface area contributed by atoms with Crippen molar-refractivity contribution in [3.63, 3.8) is 0 Å². The Morgan fingerprint density at radius 1 is 1.25 bits per heavy atom. The normalized spacial score (nSPS) is 12.2. The van der Waals surface area contributed by atoms with E-state index in [0.717, 1.165) is 26.8 Å². The number of benzene rings is 2. The molecule has 1 atom stereocenters. The van der Waals surface area contributed by atoms with Gasteiger partial charge in [-0.05, 0) is 55.9 Å². The monoisotopic (exact) mass is 375 g/mol. The maximum Gasteiger partial charge on any atom is 0.173 e. The van der Waals surface area contributed by atoms with Gasteiger partial charge in [-0.2, -0.15) is 0 Å². The van der Waals surface area contributed by atoms with Crippen LogP contribution in [-0.4, -0.2) is 22.0 Å². The summed E-state index contributed by atoms with van der Waals surface area (Å²) in [5.74, 6) is 0. The van der Waals surface area contributed by atoms with Crippen LogP contribution in [0.5, 0.6) is 0 Å². The lowest BCUT2D eigenvalue weighted by Gasteiger charge is -2.26. The summed E-state index contributed by atoms with van der Waals surface area (Å²) >= 11 is 13.4. The standard InChI is InChI=1S/C18H18ClN3S2/c1-11-13(19)7-6-9-14(11)21-18(23)22(3)12(2)17-20-15-8-4-5-10-16(15)24-17/h4-10,12H,1-3H3,(H,21,23)/t12-/m1/s1. The minimum atomic E-state index is 0.0851. The van der Waals surface area contributed by atoms with Crippen molar-refractivity contribution in [2.45, 2.75) is 19.9 Å². The fraction of sp³-hybridized carbons (Fsp3) is 0.222. The lowest BCUT2D eigenvalue weighted by atomic mass is 10.2. The summed E-state index contributed by atoms with van der Waals surface area (Å²) in [4.78, 5) is 6.74. The molecular weight excluding hydrogens is 358 g/mol. The van der Waals surface area contributed by atoms with Gasteiger partial charge in [-0.25, -0.2) is 4.98 Å². The van der Waals surface area contributed by atoms with Gasteiger partial charge in [0.05, 0.1) is 16.3 Å². The molecule has 0 aliphatic heterocycles. The van der Waals surface area contributed by atoms with Gasteiger partial charge in [-0.3, -0.25) is 0 Å². The Labute approximate surface area is 156 Å². The maximum absolute atomic E-state index is 6.18. The van der Waals surface area contributed by atoms with Crippen molar-refractivity contribution in [3.8, 4) is 0 Å². The van der Waals surface area contributed by atoms with Crippen LogP contribution in [0.4, 0.5) is 5.69 Å². The molecular formula is C18H18ClN3S2. The van der Waals surface area contributed by atoms with Crippen LogP contribution >= 0.6 is 35.2 Å². The smallest absolute Gasteiger partial charge is 0.173 e. The molecule has 3 rings (SSSR count). The van der Waals surface area contributed by atoms with Crippen molar-refractivity contribution in [2.75, 3.05) is 12.4 Å². The number of anilines is 1. The fourth-order valence-corrected chi connectivity index (χ4v) is 3.86. The summed E-state index contributed by atoms with van der Waals surface area (Å²) in [6.07, 6.45) is 0. The summed E-state index contributed by atoms with van der Waals surface area (Å²) in [6, 6.07) is 14.0. The molecule has 0 saturated heterocycles. The van der Waals surface area contributed by atoms with Crippen LogP contribution in [0, 0.1) is 6.92 Å². The van der Waals surface area contributed by atoms with E-state index < -0.39 is 0 Å². The molecule has 1 N–H and O–H groups in total. The Morgan fingerprint density at radius 3 is 2.75 bits per heavy atom.